The second-order valence-electron chi connectivity index (χ2n) is 4.96. The van der Waals surface area contributed by atoms with E-state index in [2.05, 4.69) is 15.3 Å². The molecule has 0 aliphatic heterocycles. The fourth-order valence-corrected chi connectivity index (χ4v) is 1.75. The molecule has 1 heterocycles. The van der Waals surface area contributed by atoms with E-state index in [9.17, 15) is 9.90 Å². The smallest absolute Gasteiger partial charge is 0.271 e. The van der Waals surface area contributed by atoms with Crippen molar-refractivity contribution in [1.29, 1.82) is 0 Å². The average molecular weight is 286 g/mol. The van der Waals surface area contributed by atoms with Crippen LogP contribution in [0.1, 0.15) is 43.5 Å². The molecule has 1 rings (SSSR count). The lowest BCUT2D eigenvalue weighted by atomic mass is 9.88. The first-order valence-corrected chi connectivity index (χ1v) is 6.65. The van der Waals surface area contributed by atoms with Gasteiger partial charge in [-0.25, -0.2) is 9.97 Å². The van der Waals surface area contributed by atoms with Gasteiger partial charge in [0.2, 0.25) is 0 Å². The number of aliphatic hydroxyl groups is 1. The Morgan fingerprint density at radius 3 is 2.84 bits per heavy atom. The molecule has 0 saturated heterocycles. The molecule has 2 atom stereocenters. The molecule has 1 aromatic heterocycles. The number of amides is 1. The van der Waals surface area contributed by atoms with Crippen molar-refractivity contribution in [3.05, 3.63) is 22.7 Å². The van der Waals surface area contributed by atoms with E-state index >= 15 is 0 Å². The number of halogens is 1. The summed E-state index contributed by atoms with van der Waals surface area (Å²) in [6.07, 6.45) is 2.22. The molecular weight excluding hydrogens is 266 g/mol. The topological polar surface area (TPSA) is 75.1 Å². The Labute approximate surface area is 118 Å². The van der Waals surface area contributed by atoms with Crippen molar-refractivity contribution in [3.8, 4) is 0 Å². The van der Waals surface area contributed by atoms with Crippen LogP contribution in [-0.2, 0) is 0 Å². The molecule has 2 unspecified atom stereocenters. The predicted molar refractivity (Wildman–Crippen MR) is 74.2 cm³/mol. The molecule has 0 bridgehead atoms. The maximum absolute atomic E-state index is 12.0. The molecule has 0 saturated carbocycles. The molecule has 0 aliphatic rings. The highest BCUT2D eigenvalue weighted by molar-refractivity contribution is 6.33. The Morgan fingerprint density at radius 1 is 1.63 bits per heavy atom. The maximum Gasteiger partial charge on any atom is 0.271 e. The molecule has 5 nitrogen and oxygen atoms in total. The van der Waals surface area contributed by atoms with Crippen molar-refractivity contribution in [2.45, 2.75) is 39.7 Å². The van der Waals surface area contributed by atoms with Crippen LogP contribution in [0, 0.1) is 12.8 Å². The fourth-order valence-electron chi connectivity index (χ4n) is 1.57. The highest BCUT2D eigenvalue weighted by Crippen LogP contribution is 2.19. The number of carbonyl (C=O) groups is 1. The average Bonchev–Trinajstić information content (AvgIpc) is 2.37. The van der Waals surface area contributed by atoms with Gasteiger partial charge in [0, 0.05) is 6.54 Å². The lowest BCUT2D eigenvalue weighted by Gasteiger charge is -2.29. The molecule has 1 aromatic rings. The van der Waals surface area contributed by atoms with E-state index in [1.165, 1.54) is 6.20 Å². The third-order valence-electron chi connectivity index (χ3n) is 3.36. The summed E-state index contributed by atoms with van der Waals surface area (Å²) in [7, 11) is 0. The number of rotatable bonds is 5. The standard InChI is InChI=1S/C13H20ClN3O2/c1-5-8(2)13(4,19)7-16-12(18)11-10(14)6-15-9(3)17-11/h6,8,19H,5,7H2,1-4H3,(H,16,18). The van der Waals surface area contributed by atoms with Gasteiger partial charge in [0.25, 0.3) is 5.91 Å². The van der Waals surface area contributed by atoms with Crippen LogP contribution in [0.15, 0.2) is 6.20 Å². The summed E-state index contributed by atoms with van der Waals surface area (Å²) in [5, 5.41) is 13.1. The van der Waals surface area contributed by atoms with Crippen molar-refractivity contribution in [3.63, 3.8) is 0 Å². The van der Waals surface area contributed by atoms with Crippen LogP contribution >= 0.6 is 11.6 Å². The van der Waals surface area contributed by atoms with Gasteiger partial charge in [-0.05, 0) is 19.8 Å². The molecular formula is C13H20ClN3O2. The van der Waals surface area contributed by atoms with Gasteiger partial charge in [-0.15, -0.1) is 0 Å². The van der Waals surface area contributed by atoms with Crippen molar-refractivity contribution < 1.29 is 9.90 Å². The summed E-state index contributed by atoms with van der Waals surface area (Å²) >= 11 is 5.88. The zero-order chi connectivity index (χ0) is 14.6. The van der Waals surface area contributed by atoms with Gasteiger partial charge < -0.3 is 10.4 Å². The SMILES string of the molecule is CCC(C)C(C)(O)CNC(=O)c1nc(C)ncc1Cl. The second-order valence-corrected chi connectivity index (χ2v) is 5.37. The van der Waals surface area contributed by atoms with Crippen LogP contribution in [0.4, 0.5) is 0 Å². The van der Waals surface area contributed by atoms with Crippen molar-refractivity contribution >= 4 is 17.5 Å². The van der Waals surface area contributed by atoms with Crippen LogP contribution < -0.4 is 5.32 Å². The summed E-state index contributed by atoms with van der Waals surface area (Å²) < 4.78 is 0. The lowest BCUT2D eigenvalue weighted by Crippen LogP contribution is -2.45. The highest BCUT2D eigenvalue weighted by Gasteiger charge is 2.28. The van der Waals surface area contributed by atoms with Crippen LogP contribution in [-0.4, -0.2) is 33.1 Å². The number of hydrogen-bond acceptors (Lipinski definition) is 4. The molecule has 0 spiro atoms. The largest absolute Gasteiger partial charge is 0.388 e. The molecule has 0 aliphatic carbocycles. The summed E-state index contributed by atoms with van der Waals surface area (Å²) in [6, 6.07) is 0. The van der Waals surface area contributed by atoms with E-state index in [4.69, 9.17) is 11.6 Å². The van der Waals surface area contributed by atoms with Crippen LogP contribution in [0.2, 0.25) is 5.02 Å². The number of hydrogen-bond donors (Lipinski definition) is 2. The van der Waals surface area contributed by atoms with Gasteiger partial charge in [0.05, 0.1) is 16.8 Å². The van der Waals surface area contributed by atoms with Gasteiger partial charge >= 0.3 is 0 Å². The lowest BCUT2D eigenvalue weighted by molar-refractivity contribution is 0.00588. The quantitative estimate of drug-likeness (QED) is 0.867. The number of aryl methyl sites for hydroxylation is 1. The highest BCUT2D eigenvalue weighted by atomic mass is 35.5. The summed E-state index contributed by atoms with van der Waals surface area (Å²) in [5.41, 5.74) is -0.826. The minimum atomic E-state index is -0.959. The molecule has 0 aromatic carbocycles. The Hall–Kier alpha value is -1.20. The zero-order valence-electron chi connectivity index (χ0n) is 11.7. The van der Waals surface area contributed by atoms with E-state index in [1.54, 1.807) is 13.8 Å². The van der Waals surface area contributed by atoms with Gasteiger partial charge in [0.15, 0.2) is 0 Å². The Morgan fingerprint density at radius 2 is 2.26 bits per heavy atom. The normalized spacial score (nSPS) is 15.7. The van der Waals surface area contributed by atoms with Crippen molar-refractivity contribution in [1.82, 2.24) is 15.3 Å². The third-order valence-corrected chi connectivity index (χ3v) is 3.64. The summed E-state index contributed by atoms with van der Waals surface area (Å²) in [4.78, 5) is 19.9. The fraction of sp³-hybridized carbons (Fsp3) is 0.615. The van der Waals surface area contributed by atoms with Crippen molar-refractivity contribution in [2.24, 2.45) is 5.92 Å². The minimum absolute atomic E-state index is 0.0791. The van der Waals surface area contributed by atoms with Gasteiger partial charge in [0.1, 0.15) is 11.5 Å². The van der Waals surface area contributed by atoms with Gasteiger partial charge in [-0.1, -0.05) is 31.9 Å². The Kier molecular flexibility index (Phi) is 5.26. The monoisotopic (exact) mass is 285 g/mol. The summed E-state index contributed by atoms with van der Waals surface area (Å²) in [6.45, 7) is 7.47. The van der Waals surface area contributed by atoms with Crippen molar-refractivity contribution in [2.75, 3.05) is 6.54 Å². The molecule has 19 heavy (non-hydrogen) atoms. The Bertz CT molecular complexity index is 463. The maximum atomic E-state index is 12.0. The van der Waals surface area contributed by atoms with Gasteiger partial charge in [-0.2, -0.15) is 0 Å². The van der Waals surface area contributed by atoms with Crippen LogP contribution in [0.5, 0.6) is 0 Å². The molecule has 1 amide bonds. The second kappa shape index (κ2) is 6.30. The molecule has 0 radical (unpaired) electrons. The summed E-state index contributed by atoms with van der Waals surface area (Å²) in [5.74, 6) is 0.151. The van der Waals surface area contributed by atoms with E-state index in [0.29, 0.717) is 5.82 Å². The molecule has 106 valence electrons. The first kappa shape index (κ1) is 15.9. The number of nitrogens with one attached hydrogen (secondary N) is 1. The van der Waals surface area contributed by atoms with E-state index in [-0.39, 0.29) is 23.2 Å². The zero-order valence-corrected chi connectivity index (χ0v) is 12.5. The first-order valence-electron chi connectivity index (χ1n) is 6.27. The third kappa shape index (κ3) is 4.14. The van der Waals surface area contributed by atoms with Gasteiger partial charge in [-0.3, -0.25) is 4.79 Å². The Balaban J connectivity index is 2.73. The first-order chi connectivity index (χ1) is 8.77. The molecule has 6 heteroatoms. The van der Waals surface area contributed by atoms with Crippen LogP contribution in [0.25, 0.3) is 0 Å². The number of carbonyl (C=O) groups excluding carboxylic acids is 1. The number of nitrogens with zero attached hydrogens (tertiary/aromatic N) is 2. The molecule has 0 fully saturated rings. The van der Waals surface area contributed by atoms with Crippen LogP contribution in [0.3, 0.4) is 0 Å². The molecule has 2 N–H and O–H groups in total. The van der Waals surface area contributed by atoms with E-state index < -0.39 is 11.5 Å². The predicted octanol–water partition coefficient (Wildman–Crippen LogP) is 1.97. The number of aromatic nitrogens is 2. The van der Waals surface area contributed by atoms with E-state index in [1.807, 2.05) is 13.8 Å². The minimum Gasteiger partial charge on any atom is -0.388 e. The van der Waals surface area contributed by atoms with E-state index in [0.717, 1.165) is 6.42 Å².